The van der Waals surface area contributed by atoms with Crippen LogP contribution in [0, 0.1) is 5.41 Å². The van der Waals surface area contributed by atoms with Crippen LogP contribution in [0.2, 0.25) is 0 Å². The zero-order chi connectivity index (χ0) is 11.3. The summed E-state index contributed by atoms with van der Waals surface area (Å²) in [7, 11) is 2.06. The molecule has 0 radical (unpaired) electrons. The van der Waals surface area contributed by atoms with Gasteiger partial charge in [-0.1, -0.05) is 6.92 Å². The maximum atomic E-state index is 11.9. The number of hydrogen-bond donors (Lipinski definition) is 2. The van der Waals surface area contributed by atoms with Gasteiger partial charge in [0.1, 0.15) is 0 Å². The molecule has 1 atom stereocenters. The Labute approximate surface area is 117 Å². The molecule has 1 aliphatic rings. The van der Waals surface area contributed by atoms with E-state index < -0.39 is 0 Å². The van der Waals surface area contributed by atoms with Crippen LogP contribution >= 0.6 is 24.8 Å². The second kappa shape index (κ2) is 8.97. The van der Waals surface area contributed by atoms with Crippen molar-refractivity contribution in [1.82, 2.24) is 15.5 Å². The van der Waals surface area contributed by atoms with Gasteiger partial charge in [-0.15, -0.1) is 24.8 Å². The number of likely N-dealkylation sites (N-methyl/N-ethyl adjacent to an activating group) is 1. The van der Waals surface area contributed by atoms with Gasteiger partial charge in [0.25, 0.3) is 0 Å². The summed E-state index contributed by atoms with van der Waals surface area (Å²) in [5, 5.41) is 6.24. The predicted molar refractivity (Wildman–Crippen MR) is 76.3 cm³/mol. The summed E-state index contributed by atoms with van der Waals surface area (Å²) in [6.07, 6.45) is 0.947. The van der Waals surface area contributed by atoms with Crippen molar-refractivity contribution in [1.29, 1.82) is 0 Å². The topological polar surface area (TPSA) is 44.4 Å². The van der Waals surface area contributed by atoms with Crippen LogP contribution in [0.3, 0.4) is 0 Å². The van der Waals surface area contributed by atoms with Crippen molar-refractivity contribution in [2.24, 2.45) is 5.41 Å². The van der Waals surface area contributed by atoms with Gasteiger partial charge < -0.3 is 15.5 Å². The molecule has 1 amide bonds. The van der Waals surface area contributed by atoms with E-state index in [2.05, 4.69) is 29.5 Å². The van der Waals surface area contributed by atoms with Gasteiger partial charge in [-0.05, 0) is 33.5 Å². The Morgan fingerprint density at radius 3 is 2.59 bits per heavy atom. The minimum absolute atomic E-state index is 0. The molecule has 1 fully saturated rings. The molecule has 0 aromatic carbocycles. The highest BCUT2D eigenvalue weighted by atomic mass is 35.5. The first-order valence-corrected chi connectivity index (χ1v) is 5.76. The van der Waals surface area contributed by atoms with Gasteiger partial charge in [-0.3, -0.25) is 4.79 Å². The number of carbonyl (C=O) groups excluding carboxylic acids is 1. The van der Waals surface area contributed by atoms with E-state index in [-0.39, 0.29) is 36.1 Å². The molecule has 0 bridgehead atoms. The number of halogens is 2. The van der Waals surface area contributed by atoms with Crippen LogP contribution in [0.25, 0.3) is 0 Å². The van der Waals surface area contributed by atoms with E-state index in [1.807, 2.05) is 6.92 Å². The van der Waals surface area contributed by atoms with E-state index in [0.717, 1.165) is 39.1 Å². The quantitative estimate of drug-likeness (QED) is 0.789. The normalized spacial score (nSPS) is 22.8. The first-order chi connectivity index (χ1) is 7.08. The smallest absolute Gasteiger partial charge is 0.227 e. The third-order valence-corrected chi connectivity index (χ3v) is 3.24. The van der Waals surface area contributed by atoms with Gasteiger partial charge in [0.15, 0.2) is 0 Å². The first-order valence-electron chi connectivity index (χ1n) is 5.76. The molecule has 1 saturated heterocycles. The van der Waals surface area contributed by atoms with Gasteiger partial charge in [0.05, 0.1) is 5.41 Å². The van der Waals surface area contributed by atoms with E-state index in [0.29, 0.717) is 0 Å². The average molecular weight is 286 g/mol. The third-order valence-electron chi connectivity index (χ3n) is 3.24. The van der Waals surface area contributed by atoms with Crippen LogP contribution in [0.15, 0.2) is 0 Å². The van der Waals surface area contributed by atoms with Gasteiger partial charge in [0.2, 0.25) is 5.91 Å². The van der Waals surface area contributed by atoms with E-state index in [1.165, 1.54) is 0 Å². The molecule has 1 aliphatic heterocycles. The molecule has 6 heteroatoms. The molecule has 17 heavy (non-hydrogen) atoms. The van der Waals surface area contributed by atoms with Crippen molar-refractivity contribution in [3.05, 3.63) is 0 Å². The lowest BCUT2D eigenvalue weighted by molar-refractivity contribution is -0.129. The number of carbonyl (C=O) groups is 1. The van der Waals surface area contributed by atoms with Crippen LogP contribution in [0.4, 0.5) is 0 Å². The van der Waals surface area contributed by atoms with E-state index >= 15 is 0 Å². The number of nitrogens with zero attached hydrogens (tertiary/aromatic N) is 1. The van der Waals surface area contributed by atoms with Crippen LogP contribution in [-0.2, 0) is 4.79 Å². The molecule has 4 nitrogen and oxygen atoms in total. The zero-order valence-electron chi connectivity index (χ0n) is 10.9. The van der Waals surface area contributed by atoms with E-state index in [1.54, 1.807) is 0 Å². The molecule has 0 aromatic heterocycles. The number of rotatable bonds is 5. The minimum atomic E-state index is -0.190. The number of nitrogens with one attached hydrogen (secondary N) is 2. The fourth-order valence-electron chi connectivity index (χ4n) is 1.74. The Hall–Kier alpha value is -0.0300. The highest BCUT2D eigenvalue weighted by Crippen LogP contribution is 2.24. The highest BCUT2D eigenvalue weighted by Gasteiger charge is 2.35. The summed E-state index contributed by atoms with van der Waals surface area (Å²) in [6.45, 7) is 8.61. The Balaban J connectivity index is 0. The minimum Gasteiger partial charge on any atom is -0.354 e. The Bertz CT molecular complexity index is 221. The Morgan fingerprint density at radius 1 is 1.47 bits per heavy atom. The van der Waals surface area contributed by atoms with Crippen molar-refractivity contribution in [2.45, 2.75) is 20.3 Å². The molecule has 0 aliphatic carbocycles. The van der Waals surface area contributed by atoms with Crippen molar-refractivity contribution in [3.63, 3.8) is 0 Å². The second-order valence-corrected chi connectivity index (χ2v) is 4.64. The van der Waals surface area contributed by atoms with Crippen LogP contribution in [0.1, 0.15) is 20.3 Å². The lowest BCUT2D eigenvalue weighted by atomic mass is 9.89. The largest absolute Gasteiger partial charge is 0.354 e. The molecule has 0 saturated carbocycles. The Morgan fingerprint density at radius 2 is 2.12 bits per heavy atom. The van der Waals surface area contributed by atoms with Crippen LogP contribution in [0.5, 0.6) is 0 Å². The SMILES string of the molecule is CCN(C)CCNC(=O)C1(C)CCNC1.Cl.Cl. The maximum Gasteiger partial charge on any atom is 0.227 e. The molecule has 1 unspecified atom stereocenters. The van der Waals surface area contributed by atoms with Gasteiger partial charge in [0, 0.05) is 19.6 Å². The molecule has 104 valence electrons. The monoisotopic (exact) mass is 285 g/mol. The van der Waals surface area contributed by atoms with Crippen molar-refractivity contribution < 1.29 is 4.79 Å². The molecule has 0 spiro atoms. The van der Waals surface area contributed by atoms with Crippen molar-refractivity contribution in [3.8, 4) is 0 Å². The summed E-state index contributed by atoms with van der Waals surface area (Å²) < 4.78 is 0. The maximum absolute atomic E-state index is 11.9. The third kappa shape index (κ3) is 5.91. The summed E-state index contributed by atoms with van der Waals surface area (Å²) in [5.41, 5.74) is -0.190. The van der Waals surface area contributed by atoms with Crippen LogP contribution < -0.4 is 10.6 Å². The van der Waals surface area contributed by atoms with Gasteiger partial charge in [-0.2, -0.15) is 0 Å². The summed E-state index contributed by atoms with van der Waals surface area (Å²) in [5.74, 6) is 0.192. The fourth-order valence-corrected chi connectivity index (χ4v) is 1.74. The van der Waals surface area contributed by atoms with Crippen molar-refractivity contribution >= 4 is 30.7 Å². The highest BCUT2D eigenvalue weighted by molar-refractivity contribution is 5.85. The summed E-state index contributed by atoms with van der Waals surface area (Å²) in [6, 6.07) is 0. The molecule has 1 rings (SSSR count). The first kappa shape index (κ1) is 19.3. The molecular weight excluding hydrogens is 261 g/mol. The standard InChI is InChI=1S/C11H23N3O.2ClH/c1-4-14(3)8-7-13-10(15)11(2)5-6-12-9-11;;/h12H,4-9H2,1-3H3,(H,13,15);2*1H. The summed E-state index contributed by atoms with van der Waals surface area (Å²) in [4.78, 5) is 14.1. The molecule has 2 N–H and O–H groups in total. The number of hydrogen-bond acceptors (Lipinski definition) is 3. The number of amides is 1. The van der Waals surface area contributed by atoms with Gasteiger partial charge in [-0.25, -0.2) is 0 Å². The van der Waals surface area contributed by atoms with Crippen molar-refractivity contribution in [2.75, 3.05) is 39.8 Å². The van der Waals surface area contributed by atoms with Gasteiger partial charge >= 0.3 is 0 Å². The van der Waals surface area contributed by atoms with E-state index in [9.17, 15) is 4.79 Å². The zero-order valence-corrected chi connectivity index (χ0v) is 12.5. The average Bonchev–Trinajstić information content (AvgIpc) is 2.66. The van der Waals surface area contributed by atoms with Crippen LogP contribution in [-0.4, -0.2) is 50.6 Å². The van der Waals surface area contributed by atoms with E-state index in [4.69, 9.17) is 0 Å². The predicted octanol–water partition coefficient (Wildman–Crippen LogP) is 0.897. The Kier molecular flexibility index (Phi) is 10.2. The molecular formula is C11H25Cl2N3O. The summed E-state index contributed by atoms with van der Waals surface area (Å²) >= 11 is 0. The fraction of sp³-hybridized carbons (Fsp3) is 0.909. The second-order valence-electron chi connectivity index (χ2n) is 4.64. The molecule has 0 aromatic rings. The lowest BCUT2D eigenvalue weighted by Crippen LogP contribution is -2.43. The molecule has 1 heterocycles. The lowest BCUT2D eigenvalue weighted by Gasteiger charge is -2.22.